The molecule has 1 N–H and O–H groups in total. The molecule has 3 aromatic rings. The van der Waals surface area contributed by atoms with Crippen molar-refractivity contribution in [1.82, 2.24) is 9.88 Å². The number of aromatic nitrogens is 1. The summed E-state index contributed by atoms with van der Waals surface area (Å²) in [6.07, 6.45) is 3.29. The number of fused-ring (bicyclic) bond motifs is 2. The number of nitrogens with zero attached hydrogens (tertiary/aromatic N) is 3. The predicted molar refractivity (Wildman–Crippen MR) is 121 cm³/mol. The fourth-order valence-corrected chi connectivity index (χ4v) is 3.20. The van der Waals surface area contributed by atoms with Crippen molar-refractivity contribution >= 4 is 58.0 Å². The Morgan fingerprint density at radius 2 is 1.71 bits per heavy atom. The van der Waals surface area contributed by atoms with E-state index in [9.17, 15) is 10.1 Å². The highest BCUT2D eigenvalue weighted by molar-refractivity contribution is 6.11. The zero-order valence-electron chi connectivity index (χ0n) is 16.1. The van der Waals surface area contributed by atoms with Crippen molar-refractivity contribution in [3.05, 3.63) is 52.6 Å². The first-order valence-electron chi connectivity index (χ1n) is 8.92. The molecular weight excluding hydrogens is 399 g/mol. The van der Waals surface area contributed by atoms with Crippen LogP contribution in [0.25, 0.3) is 21.8 Å². The minimum Gasteiger partial charge on any atom is -0.384 e. The third-order valence-corrected chi connectivity index (χ3v) is 4.47. The predicted octanol–water partition coefficient (Wildman–Crippen LogP) is 5.28. The highest BCUT2D eigenvalue weighted by Gasteiger charge is 2.18. The molecule has 1 heterocycles. The van der Waals surface area contributed by atoms with Crippen LogP contribution >= 0.6 is 24.8 Å². The van der Waals surface area contributed by atoms with E-state index in [1.807, 2.05) is 30.3 Å². The minimum absolute atomic E-state index is 0. The smallest absolute Gasteiger partial charge is 0.280 e. The summed E-state index contributed by atoms with van der Waals surface area (Å²) >= 11 is 0. The maximum absolute atomic E-state index is 11.5. The number of rotatable bonds is 8. The Balaban J connectivity index is 0.00000196. The van der Waals surface area contributed by atoms with E-state index in [-0.39, 0.29) is 35.4 Å². The molecule has 0 spiro atoms. The lowest BCUT2D eigenvalue weighted by Gasteiger charge is -2.14. The molecule has 0 saturated carbocycles. The van der Waals surface area contributed by atoms with E-state index in [0.29, 0.717) is 10.9 Å². The van der Waals surface area contributed by atoms with Crippen LogP contribution in [0.1, 0.15) is 19.3 Å². The molecule has 152 valence electrons. The molecule has 0 aliphatic carbocycles. The molecule has 6 nitrogen and oxygen atoms in total. The zero-order chi connectivity index (χ0) is 18.5. The van der Waals surface area contributed by atoms with Crippen LogP contribution in [0.4, 0.5) is 11.4 Å². The first kappa shape index (κ1) is 23.9. The number of unbranched alkanes of at least 4 members (excludes halogenated alkanes) is 2. The number of halogens is 2. The standard InChI is InChI=1S/C20H24N4O2.2ClH/c1-23(2)14-7-3-6-13-21-20-15-9-4-5-10-16(15)22-17-11-8-12-18(19(17)20)24(25)26;;/h4-5,8-12H,3,6-7,13-14H2,1-2H3,(H,21,22);2*1H. The Labute approximate surface area is 177 Å². The highest BCUT2D eigenvalue weighted by Crippen LogP contribution is 2.36. The largest absolute Gasteiger partial charge is 0.384 e. The Kier molecular flexibility index (Phi) is 9.38. The summed E-state index contributed by atoms with van der Waals surface area (Å²) in [5.41, 5.74) is 2.39. The molecule has 0 atom stereocenters. The van der Waals surface area contributed by atoms with Crippen molar-refractivity contribution in [1.29, 1.82) is 0 Å². The number of non-ortho nitro benzene ring substituents is 1. The number of nitrogens with one attached hydrogen (secondary N) is 1. The normalized spacial score (nSPS) is 10.5. The van der Waals surface area contributed by atoms with E-state index in [0.717, 1.165) is 48.9 Å². The number of anilines is 1. The summed E-state index contributed by atoms with van der Waals surface area (Å²) < 4.78 is 0. The fourth-order valence-electron chi connectivity index (χ4n) is 3.20. The summed E-state index contributed by atoms with van der Waals surface area (Å²) in [7, 11) is 4.15. The molecule has 2 aromatic carbocycles. The second kappa shape index (κ2) is 11.0. The van der Waals surface area contributed by atoms with Gasteiger partial charge >= 0.3 is 0 Å². The fraction of sp³-hybridized carbons (Fsp3) is 0.350. The number of hydrogen-bond acceptors (Lipinski definition) is 5. The van der Waals surface area contributed by atoms with Gasteiger partial charge in [0.2, 0.25) is 0 Å². The molecule has 0 aliphatic rings. The molecule has 0 unspecified atom stereocenters. The van der Waals surface area contributed by atoms with Crippen LogP contribution in [0.3, 0.4) is 0 Å². The van der Waals surface area contributed by atoms with E-state index in [4.69, 9.17) is 0 Å². The molecular formula is C20H26Cl2N4O2. The number of nitro benzene ring substituents is 1. The van der Waals surface area contributed by atoms with Gasteiger partial charge in [0.1, 0.15) is 5.39 Å². The molecule has 0 saturated heterocycles. The Morgan fingerprint density at radius 1 is 1.00 bits per heavy atom. The Hall–Kier alpha value is -2.15. The van der Waals surface area contributed by atoms with Crippen LogP contribution in [-0.4, -0.2) is 42.0 Å². The van der Waals surface area contributed by atoms with Crippen molar-refractivity contribution in [3.8, 4) is 0 Å². The molecule has 28 heavy (non-hydrogen) atoms. The van der Waals surface area contributed by atoms with Gasteiger partial charge in [0.05, 0.1) is 21.6 Å². The number of para-hydroxylation sites is 1. The van der Waals surface area contributed by atoms with Gasteiger partial charge in [-0.2, -0.15) is 0 Å². The van der Waals surface area contributed by atoms with Crippen molar-refractivity contribution in [2.24, 2.45) is 0 Å². The van der Waals surface area contributed by atoms with Crippen molar-refractivity contribution in [3.63, 3.8) is 0 Å². The second-order valence-electron chi connectivity index (χ2n) is 6.72. The maximum Gasteiger partial charge on any atom is 0.280 e. The van der Waals surface area contributed by atoms with E-state index in [2.05, 4.69) is 29.3 Å². The van der Waals surface area contributed by atoms with Gasteiger partial charge in [-0.25, -0.2) is 4.98 Å². The van der Waals surface area contributed by atoms with Gasteiger partial charge in [-0.1, -0.05) is 30.7 Å². The van der Waals surface area contributed by atoms with Crippen molar-refractivity contribution in [2.75, 3.05) is 32.5 Å². The van der Waals surface area contributed by atoms with Crippen molar-refractivity contribution in [2.45, 2.75) is 19.3 Å². The van der Waals surface area contributed by atoms with Gasteiger partial charge in [0.25, 0.3) is 5.69 Å². The number of pyridine rings is 1. The third-order valence-electron chi connectivity index (χ3n) is 4.47. The third kappa shape index (κ3) is 5.44. The summed E-state index contributed by atoms with van der Waals surface area (Å²) in [6.45, 7) is 1.86. The van der Waals surface area contributed by atoms with E-state index < -0.39 is 0 Å². The van der Waals surface area contributed by atoms with Crippen LogP contribution < -0.4 is 5.32 Å². The molecule has 0 aliphatic heterocycles. The van der Waals surface area contributed by atoms with Gasteiger partial charge in [-0.15, -0.1) is 24.8 Å². The molecule has 3 rings (SSSR count). The first-order chi connectivity index (χ1) is 12.6. The van der Waals surface area contributed by atoms with E-state index in [1.54, 1.807) is 12.1 Å². The lowest BCUT2D eigenvalue weighted by Crippen LogP contribution is -2.13. The summed E-state index contributed by atoms with van der Waals surface area (Å²) in [4.78, 5) is 18.0. The van der Waals surface area contributed by atoms with Gasteiger partial charge < -0.3 is 10.2 Å². The second-order valence-corrected chi connectivity index (χ2v) is 6.72. The SMILES string of the molecule is CN(C)CCCCCNc1c2ccccc2nc2cccc([N+](=O)[O-])c12.Cl.Cl. The number of benzene rings is 2. The van der Waals surface area contributed by atoms with Gasteiger partial charge in [-0.05, 0) is 45.6 Å². The summed E-state index contributed by atoms with van der Waals surface area (Å²) in [5.74, 6) is 0. The minimum atomic E-state index is -0.332. The van der Waals surface area contributed by atoms with Crippen LogP contribution in [0.5, 0.6) is 0 Å². The monoisotopic (exact) mass is 424 g/mol. The number of hydrogen-bond donors (Lipinski definition) is 1. The van der Waals surface area contributed by atoms with Crippen LogP contribution in [-0.2, 0) is 0 Å². The van der Waals surface area contributed by atoms with Crippen molar-refractivity contribution < 1.29 is 4.92 Å². The topological polar surface area (TPSA) is 71.3 Å². The first-order valence-corrected chi connectivity index (χ1v) is 8.92. The molecule has 0 amide bonds. The van der Waals surface area contributed by atoms with Gasteiger partial charge in [-0.3, -0.25) is 10.1 Å². The average Bonchev–Trinajstić information content (AvgIpc) is 2.62. The van der Waals surface area contributed by atoms with E-state index >= 15 is 0 Å². The number of nitro groups is 1. The van der Waals surface area contributed by atoms with Gasteiger partial charge in [0.15, 0.2) is 0 Å². The maximum atomic E-state index is 11.5. The average molecular weight is 425 g/mol. The molecule has 0 bridgehead atoms. The Morgan fingerprint density at radius 3 is 2.43 bits per heavy atom. The highest BCUT2D eigenvalue weighted by atomic mass is 35.5. The van der Waals surface area contributed by atoms with E-state index in [1.165, 1.54) is 0 Å². The van der Waals surface area contributed by atoms with Gasteiger partial charge in [0, 0.05) is 18.0 Å². The molecule has 8 heteroatoms. The quantitative estimate of drug-likeness (QED) is 0.230. The lowest BCUT2D eigenvalue weighted by atomic mass is 10.1. The molecule has 0 fully saturated rings. The summed E-state index contributed by atoms with van der Waals surface area (Å²) in [5, 5.41) is 16.5. The Bertz CT molecular complexity index is 935. The van der Waals surface area contributed by atoms with Crippen LogP contribution in [0, 0.1) is 10.1 Å². The van der Waals surface area contributed by atoms with Crippen LogP contribution in [0.15, 0.2) is 42.5 Å². The van der Waals surface area contributed by atoms with Crippen LogP contribution in [0.2, 0.25) is 0 Å². The molecule has 0 radical (unpaired) electrons. The molecule has 1 aromatic heterocycles. The zero-order valence-corrected chi connectivity index (χ0v) is 17.7. The lowest BCUT2D eigenvalue weighted by molar-refractivity contribution is -0.383. The summed E-state index contributed by atoms with van der Waals surface area (Å²) in [6, 6.07) is 12.8.